The molecule has 296 valence electrons. The Hall–Kier alpha value is -8.26. The maximum Gasteiger partial charge on any atom is 0.0624 e. The number of fused-ring (bicyclic) bond motifs is 3. The van der Waals surface area contributed by atoms with Gasteiger partial charge in [0.05, 0.1) is 5.69 Å². The maximum atomic E-state index is 2.51. The molecular formula is C62H43N. The lowest BCUT2D eigenvalue weighted by Gasteiger charge is -2.31. The Kier molecular flexibility index (Phi) is 9.97. The highest BCUT2D eigenvalue weighted by Gasteiger charge is 2.25. The smallest absolute Gasteiger partial charge is 0.0624 e. The first-order valence-corrected chi connectivity index (χ1v) is 21.7. The predicted molar refractivity (Wildman–Crippen MR) is 269 cm³/mol. The third-order valence-electron chi connectivity index (χ3n) is 12.2. The summed E-state index contributed by atoms with van der Waals surface area (Å²) in [5.41, 5.74) is 17.5. The standard InChI is InChI=1S/C62H43N/c1-5-19-44(20-6-1)50-27-17-28-51(41-50)46-35-37-49(38-36-46)61-58-33-15-13-31-56(58)57-32-14-16-34-59(57)62(61)63(53-30-18-29-52(42-53)45-21-7-2-8-22-45)54-39-40-55(47-23-9-3-10-24-47)60(43-54)48-25-11-4-12-26-48/h1-43H. The van der Waals surface area contributed by atoms with Crippen molar-refractivity contribution in [2.24, 2.45) is 0 Å². The predicted octanol–water partition coefficient (Wildman–Crippen LogP) is 17.5. The quantitative estimate of drug-likeness (QED) is 0.131. The molecule has 63 heavy (non-hydrogen) atoms. The molecule has 11 aromatic carbocycles. The Morgan fingerprint density at radius 2 is 0.603 bits per heavy atom. The van der Waals surface area contributed by atoms with Crippen molar-refractivity contribution in [3.63, 3.8) is 0 Å². The van der Waals surface area contributed by atoms with Crippen LogP contribution in [0.4, 0.5) is 17.1 Å². The summed E-state index contributed by atoms with van der Waals surface area (Å²) in [6, 6.07) is 94.8. The minimum Gasteiger partial charge on any atom is -0.309 e. The number of hydrogen-bond donors (Lipinski definition) is 0. The second-order valence-corrected chi connectivity index (χ2v) is 16.1. The van der Waals surface area contributed by atoms with Crippen LogP contribution in [0.5, 0.6) is 0 Å². The van der Waals surface area contributed by atoms with Gasteiger partial charge in [0, 0.05) is 22.3 Å². The van der Waals surface area contributed by atoms with Crippen LogP contribution in [0.3, 0.4) is 0 Å². The van der Waals surface area contributed by atoms with Crippen LogP contribution in [0.15, 0.2) is 261 Å². The summed E-state index contributed by atoms with van der Waals surface area (Å²) in [6.45, 7) is 0. The van der Waals surface area contributed by atoms with Crippen molar-refractivity contribution in [1.29, 1.82) is 0 Å². The number of anilines is 3. The average molecular weight is 802 g/mol. The molecule has 0 fully saturated rings. The van der Waals surface area contributed by atoms with Crippen molar-refractivity contribution in [3.05, 3.63) is 261 Å². The molecule has 0 aliphatic heterocycles. The highest BCUT2D eigenvalue weighted by Crippen LogP contribution is 2.51. The SMILES string of the molecule is c1ccc(-c2cccc(-c3ccc(-c4c(N(c5cccc(-c6ccccc6)c5)c5ccc(-c6ccccc6)c(-c6ccccc6)c5)c5ccccc5c5ccccc45)cc3)c2)cc1. The van der Waals surface area contributed by atoms with Gasteiger partial charge in [0.2, 0.25) is 0 Å². The van der Waals surface area contributed by atoms with E-state index in [9.17, 15) is 0 Å². The summed E-state index contributed by atoms with van der Waals surface area (Å²) in [4.78, 5) is 2.51. The molecule has 0 spiro atoms. The second-order valence-electron chi connectivity index (χ2n) is 16.1. The zero-order chi connectivity index (χ0) is 42.0. The monoisotopic (exact) mass is 801 g/mol. The molecular weight excluding hydrogens is 759 g/mol. The van der Waals surface area contributed by atoms with Crippen LogP contribution in [0.25, 0.3) is 88.3 Å². The Labute approximate surface area is 369 Å². The average Bonchev–Trinajstić information content (AvgIpc) is 3.38. The number of benzene rings is 11. The maximum absolute atomic E-state index is 2.51. The summed E-state index contributed by atoms with van der Waals surface area (Å²) in [7, 11) is 0. The van der Waals surface area contributed by atoms with E-state index >= 15 is 0 Å². The summed E-state index contributed by atoms with van der Waals surface area (Å²) in [6.07, 6.45) is 0. The third kappa shape index (κ3) is 7.26. The van der Waals surface area contributed by atoms with E-state index in [0.29, 0.717) is 0 Å². The van der Waals surface area contributed by atoms with E-state index in [1.165, 1.54) is 77.2 Å². The Bertz CT molecular complexity index is 3360. The number of hydrogen-bond acceptors (Lipinski definition) is 1. The van der Waals surface area contributed by atoms with Crippen molar-refractivity contribution in [2.75, 3.05) is 4.90 Å². The van der Waals surface area contributed by atoms with Crippen molar-refractivity contribution >= 4 is 38.6 Å². The van der Waals surface area contributed by atoms with Crippen LogP contribution in [0, 0.1) is 0 Å². The van der Waals surface area contributed by atoms with Crippen molar-refractivity contribution in [3.8, 4) is 66.8 Å². The Morgan fingerprint density at radius 3 is 1.19 bits per heavy atom. The molecule has 0 heterocycles. The molecule has 1 heteroatoms. The molecule has 0 bridgehead atoms. The third-order valence-corrected chi connectivity index (χ3v) is 12.2. The Balaban J connectivity index is 1.18. The summed E-state index contributed by atoms with van der Waals surface area (Å²) in [5, 5.41) is 4.84. The van der Waals surface area contributed by atoms with Crippen LogP contribution in [-0.2, 0) is 0 Å². The Morgan fingerprint density at radius 1 is 0.206 bits per heavy atom. The molecule has 0 saturated heterocycles. The molecule has 0 aliphatic rings. The van der Waals surface area contributed by atoms with Gasteiger partial charge in [0.1, 0.15) is 0 Å². The molecule has 0 aromatic heterocycles. The fourth-order valence-corrected chi connectivity index (χ4v) is 9.25. The van der Waals surface area contributed by atoms with Crippen LogP contribution < -0.4 is 4.90 Å². The first-order chi connectivity index (χ1) is 31.3. The van der Waals surface area contributed by atoms with Crippen molar-refractivity contribution in [1.82, 2.24) is 0 Å². The molecule has 11 rings (SSSR count). The lowest BCUT2D eigenvalue weighted by Crippen LogP contribution is -2.13. The van der Waals surface area contributed by atoms with Gasteiger partial charge in [-0.1, -0.05) is 231 Å². The van der Waals surface area contributed by atoms with Gasteiger partial charge in [-0.2, -0.15) is 0 Å². The molecule has 0 aliphatic carbocycles. The van der Waals surface area contributed by atoms with E-state index in [1.54, 1.807) is 0 Å². The first kappa shape index (κ1) is 37.7. The second kappa shape index (κ2) is 16.7. The topological polar surface area (TPSA) is 3.24 Å². The number of nitrogens with zero attached hydrogens (tertiary/aromatic N) is 1. The highest BCUT2D eigenvalue weighted by atomic mass is 15.1. The minimum absolute atomic E-state index is 1.08. The van der Waals surface area contributed by atoms with E-state index in [2.05, 4.69) is 266 Å². The molecule has 0 N–H and O–H groups in total. The molecule has 0 saturated carbocycles. The van der Waals surface area contributed by atoms with E-state index in [-0.39, 0.29) is 0 Å². The summed E-state index contributed by atoms with van der Waals surface area (Å²) < 4.78 is 0. The zero-order valence-electron chi connectivity index (χ0n) is 34.8. The molecule has 0 unspecified atom stereocenters. The number of rotatable bonds is 9. The molecule has 0 amide bonds. The molecule has 11 aromatic rings. The van der Waals surface area contributed by atoms with E-state index in [1.807, 2.05) is 0 Å². The van der Waals surface area contributed by atoms with Crippen molar-refractivity contribution in [2.45, 2.75) is 0 Å². The van der Waals surface area contributed by atoms with E-state index < -0.39 is 0 Å². The summed E-state index contributed by atoms with van der Waals surface area (Å²) >= 11 is 0. The van der Waals surface area contributed by atoms with E-state index in [4.69, 9.17) is 0 Å². The van der Waals surface area contributed by atoms with Gasteiger partial charge in [-0.25, -0.2) is 0 Å². The van der Waals surface area contributed by atoms with Gasteiger partial charge in [0.15, 0.2) is 0 Å². The van der Waals surface area contributed by atoms with Crippen LogP contribution >= 0.6 is 0 Å². The van der Waals surface area contributed by atoms with Gasteiger partial charge in [0.25, 0.3) is 0 Å². The fourth-order valence-electron chi connectivity index (χ4n) is 9.25. The molecule has 0 radical (unpaired) electrons. The van der Waals surface area contributed by atoms with Gasteiger partial charge in [-0.15, -0.1) is 0 Å². The van der Waals surface area contributed by atoms with Crippen molar-refractivity contribution < 1.29 is 0 Å². The highest BCUT2D eigenvalue weighted by molar-refractivity contribution is 6.22. The van der Waals surface area contributed by atoms with Gasteiger partial charge < -0.3 is 4.90 Å². The van der Waals surface area contributed by atoms with Gasteiger partial charge in [-0.3, -0.25) is 0 Å². The first-order valence-electron chi connectivity index (χ1n) is 21.7. The fraction of sp³-hybridized carbons (Fsp3) is 0. The van der Waals surface area contributed by atoms with Crippen LogP contribution in [0.2, 0.25) is 0 Å². The van der Waals surface area contributed by atoms with Gasteiger partial charge in [-0.05, 0) is 108 Å². The van der Waals surface area contributed by atoms with Gasteiger partial charge >= 0.3 is 0 Å². The summed E-state index contributed by atoms with van der Waals surface area (Å²) in [5.74, 6) is 0. The lowest BCUT2D eigenvalue weighted by atomic mass is 9.88. The van der Waals surface area contributed by atoms with Crippen LogP contribution in [-0.4, -0.2) is 0 Å². The molecule has 1 nitrogen and oxygen atoms in total. The zero-order valence-corrected chi connectivity index (χ0v) is 34.8. The van der Waals surface area contributed by atoms with E-state index in [0.717, 1.165) is 28.2 Å². The minimum atomic E-state index is 1.08. The largest absolute Gasteiger partial charge is 0.309 e. The molecule has 0 atom stereocenters. The van der Waals surface area contributed by atoms with Crippen LogP contribution in [0.1, 0.15) is 0 Å². The lowest BCUT2D eigenvalue weighted by molar-refractivity contribution is 1.30. The normalized spacial score (nSPS) is 11.2.